The lowest BCUT2D eigenvalue weighted by molar-refractivity contribution is 0.629. The second kappa shape index (κ2) is 3.66. The van der Waals surface area contributed by atoms with Crippen LogP contribution in [0.5, 0.6) is 0 Å². The van der Waals surface area contributed by atoms with E-state index >= 15 is 0 Å². The van der Waals surface area contributed by atoms with Crippen molar-refractivity contribution in [3.63, 3.8) is 0 Å². The highest BCUT2D eigenvalue weighted by Crippen LogP contribution is 2.20. The van der Waals surface area contributed by atoms with E-state index in [1.807, 2.05) is 6.07 Å². The average molecular weight is 217 g/mol. The molecule has 0 aliphatic heterocycles. The van der Waals surface area contributed by atoms with Crippen LogP contribution < -0.4 is 5.56 Å². The number of rotatable bonds is 1. The van der Waals surface area contributed by atoms with Crippen LogP contribution in [0.4, 0.5) is 4.39 Å². The summed E-state index contributed by atoms with van der Waals surface area (Å²) in [6.07, 6.45) is 0. The van der Waals surface area contributed by atoms with Crippen molar-refractivity contribution in [3.8, 4) is 17.3 Å². The molecule has 2 rings (SSSR count). The zero-order valence-electron chi connectivity index (χ0n) is 8.49. The van der Waals surface area contributed by atoms with Crippen molar-refractivity contribution in [1.29, 1.82) is 5.26 Å². The molecule has 1 heterocycles. The summed E-state index contributed by atoms with van der Waals surface area (Å²) in [5.41, 5.74) is 0.685. The SMILES string of the molecule is Cn1[nH]c(-c2ccc(C#N)cc2F)cc1=O. The normalized spacial score (nSPS) is 10.1. The second-order valence-corrected chi connectivity index (χ2v) is 3.37. The number of halogens is 1. The third-order valence-corrected chi connectivity index (χ3v) is 2.27. The van der Waals surface area contributed by atoms with Crippen LogP contribution in [0.1, 0.15) is 5.56 Å². The third kappa shape index (κ3) is 1.61. The number of nitriles is 1. The number of aryl methyl sites for hydroxylation is 1. The van der Waals surface area contributed by atoms with Crippen molar-refractivity contribution in [2.45, 2.75) is 0 Å². The molecule has 0 aliphatic carbocycles. The molecule has 0 aliphatic rings. The first-order valence-electron chi connectivity index (χ1n) is 4.58. The number of benzene rings is 1. The fourth-order valence-electron chi connectivity index (χ4n) is 1.43. The molecule has 0 spiro atoms. The fraction of sp³-hybridized carbons (Fsp3) is 0.0909. The van der Waals surface area contributed by atoms with E-state index in [-0.39, 0.29) is 16.7 Å². The van der Waals surface area contributed by atoms with E-state index in [1.165, 1.54) is 22.9 Å². The number of nitrogens with one attached hydrogen (secondary N) is 1. The molecule has 0 amide bonds. The predicted octanol–water partition coefficient (Wildman–Crippen LogP) is 1.39. The first-order valence-corrected chi connectivity index (χ1v) is 4.58. The largest absolute Gasteiger partial charge is 0.295 e. The Morgan fingerprint density at radius 3 is 2.69 bits per heavy atom. The minimum absolute atomic E-state index is 0.237. The highest BCUT2D eigenvalue weighted by atomic mass is 19.1. The molecular formula is C11H8FN3O. The van der Waals surface area contributed by atoms with Gasteiger partial charge >= 0.3 is 0 Å². The van der Waals surface area contributed by atoms with E-state index in [1.54, 1.807) is 7.05 Å². The molecule has 0 saturated heterocycles. The van der Waals surface area contributed by atoms with Crippen LogP contribution in [0.25, 0.3) is 11.3 Å². The first-order chi connectivity index (χ1) is 7.61. The maximum atomic E-state index is 13.6. The van der Waals surface area contributed by atoms with Gasteiger partial charge in [0.25, 0.3) is 5.56 Å². The lowest BCUT2D eigenvalue weighted by Crippen LogP contribution is -2.09. The van der Waals surface area contributed by atoms with Crippen LogP contribution >= 0.6 is 0 Å². The van der Waals surface area contributed by atoms with Crippen LogP contribution in [0.2, 0.25) is 0 Å². The quantitative estimate of drug-likeness (QED) is 0.784. The Kier molecular flexibility index (Phi) is 2.33. The molecular weight excluding hydrogens is 209 g/mol. The van der Waals surface area contributed by atoms with Gasteiger partial charge in [-0.25, -0.2) is 4.39 Å². The van der Waals surface area contributed by atoms with Crippen molar-refractivity contribution in [2.24, 2.45) is 7.05 Å². The van der Waals surface area contributed by atoms with Crippen molar-refractivity contribution in [2.75, 3.05) is 0 Å². The van der Waals surface area contributed by atoms with Gasteiger partial charge < -0.3 is 0 Å². The standard InChI is InChI=1S/C11H8FN3O/c1-15-11(16)5-10(14-15)8-3-2-7(6-13)4-9(8)12/h2-5,14H,1H3. The molecule has 0 unspecified atom stereocenters. The molecule has 4 nitrogen and oxygen atoms in total. The Hall–Kier alpha value is -2.35. The van der Waals surface area contributed by atoms with Crippen LogP contribution in [0.3, 0.4) is 0 Å². The summed E-state index contributed by atoms with van der Waals surface area (Å²) >= 11 is 0. The van der Waals surface area contributed by atoms with E-state index < -0.39 is 5.82 Å². The number of H-pyrrole nitrogens is 1. The fourth-order valence-corrected chi connectivity index (χ4v) is 1.43. The van der Waals surface area contributed by atoms with Gasteiger partial charge in [-0.1, -0.05) is 0 Å². The van der Waals surface area contributed by atoms with Crippen molar-refractivity contribution in [1.82, 2.24) is 9.78 Å². The number of nitrogens with zero attached hydrogens (tertiary/aromatic N) is 2. The summed E-state index contributed by atoms with van der Waals surface area (Å²) in [4.78, 5) is 11.2. The smallest absolute Gasteiger partial charge is 0.266 e. The lowest BCUT2D eigenvalue weighted by Gasteiger charge is -2.00. The molecule has 2 aromatic rings. The Bertz CT molecular complexity index is 633. The predicted molar refractivity (Wildman–Crippen MR) is 56.1 cm³/mol. The van der Waals surface area contributed by atoms with E-state index in [2.05, 4.69) is 5.10 Å². The van der Waals surface area contributed by atoms with Gasteiger partial charge in [0.05, 0.1) is 17.3 Å². The van der Waals surface area contributed by atoms with Crippen LogP contribution in [0, 0.1) is 17.1 Å². The minimum atomic E-state index is -0.527. The van der Waals surface area contributed by atoms with Crippen LogP contribution in [-0.2, 0) is 7.05 Å². The summed E-state index contributed by atoms with van der Waals surface area (Å²) in [7, 11) is 1.55. The minimum Gasteiger partial charge on any atom is -0.295 e. The Balaban J connectivity index is 2.57. The van der Waals surface area contributed by atoms with Gasteiger partial charge in [-0.15, -0.1) is 0 Å². The average Bonchev–Trinajstić information content (AvgIpc) is 2.58. The van der Waals surface area contributed by atoms with Crippen molar-refractivity contribution < 1.29 is 4.39 Å². The number of hydrogen-bond acceptors (Lipinski definition) is 2. The molecule has 16 heavy (non-hydrogen) atoms. The maximum absolute atomic E-state index is 13.6. The van der Waals surface area contributed by atoms with Crippen molar-refractivity contribution in [3.05, 3.63) is 46.0 Å². The Labute approximate surface area is 90.5 Å². The topological polar surface area (TPSA) is 61.6 Å². The van der Waals surface area contributed by atoms with Gasteiger partial charge in [0, 0.05) is 18.7 Å². The second-order valence-electron chi connectivity index (χ2n) is 3.37. The zero-order valence-corrected chi connectivity index (χ0v) is 8.49. The van der Waals surface area contributed by atoms with Crippen molar-refractivity contribution >= 4 is 0 Å². The van der Waals surface area contributed by atoms with Gasteiger partial charge in [0.15, 0.2) is 0 Å². The molecule has 0 saturated carbocycles. The first kappa shape index (κ1) is 10.2. The van der Waals surface area contributed by atoms with Gasteiger partial charge in [-0.05, 0) is 18.2 Å². The number of hydrogen-bond donors (Lipinski definition) is 1. The summed E-state index contributed by atoms with van der Waals surface area (Å²) in [6, 6.07) is 7.27. The van der Waals surface area contributed by atoms with Crippen LogP contribution in [-0.4, -0.2) is 9.78 Å². The monoisotopic (exact) mass is 217 g/mol. The maximum Gasteiger partial charge on any atom is 0.266 e. The summed E-state index contributed by atoms with van der Waals surface area (Å²) in [5.74, 6) is -0.527. The Morgan fingerprint density at radius 1 is 1.44 bits per heavy atom. The molecule has 0 bridgehead atoms. The molecule has 0 radical (unpaired) electrons. The van der Waals surface area contributed by atoms with Gasteiger partial charge in [-0.2, -0.15) is 5.26 Å². The third-order valence-electron chi connectivity index (χ3n) is 2.27. The molecule has 0 atom stereocenters. The lowest BCUT2D eigenvalue weighted by atomic mass is 10.1. The zero-order chi connectivity index (χ0) is 11.7. The molecule has 1 aromatic carbocycles. The Morgan fingerprint density at radius 2 is 2.19 bits per heavy atom. The molecule has 5 heteroatoms. The summed E-state index contributed by atoms with van der Waals surface area (Å²) in [6.45, 7) is 0. The number of aromatic nitrogens is 2. The summed E-state index contributed by atoms with van der Waals surface area (Å²) in [5, 5.41) is 11.3. The highest BCUT2D eigenvalue weighted by molar-refractivity contribution is 5.60. The molecule has 1 N–H and O–H groups in total. The molecule has 80 valence electrons. The number of aromatic amines is 1. The van der Waals surface area contributed by atoms with Crippen LogP contribution in [0.15, 0.2) is 29.1 Å². The van der Waals surface area contributed by atoms with Gasteiger partial charge in [0.2, 0.25) is 0 Å². The molecule has 0 fully saturated rings. The molecule has 1 aromatic heterocycles. The van der Waals surface area contributed by atoms with E-state index in [0.29, 0.717) is 5.69 Å². The highest BCUT2D eigenvalue weighted by Gasteiger charge is 2.09. The summed E-state index contributed by atoms with van der Waals surface area (Å²) < 4.78 is 14.8. The van der Waals surface area contributed by atoms with E-state index in [4.69, 9.17) is 5.26 Å². The van der Waals surface area contributed by atoms with E-state index in [9.17, 15) is 9.18 Å². The van der Waals surface area contributed by atoms with E-state index in [0.717, 1.165) is 6.07 Å². The van der Waals surface area contributed by atoms with Gasteiger partial charge in [-0.3, -0.25) is 14.6 Å². The van der Waals surface area contributed by atoms with Gasteiger partial charge in [0.1, 0.15) is 5.82 Å².